The van der Waals surface area contributed by atoms with Crippen LogP contribution < -0.4 is 10.5 Å². The minimum Gasteiger partial charge on any atom is -0.496 e. The summed E-state index contributed by atoms with van der Waals surface area (Å²) in [7, 11) is 1.65. The zero-order valence-corrected chi connectivity index (χ0v) is 10.1. The van der Waals surface area contributed by atoms with Crippen molar-refractivity contribution in [2.45, 2.75) is 19.4 Å². The van der Waals surface area contributed by atoms with Gasteiger partial charge >= 0.3 is 0 Å². The molecule has 1 atom stereocenters. The molecule has 1 aromatic heterocycles. The van der Waals surface area contributed by atoms with Crippen LogP contribution in [-0.4, -0.2) is 17.1 Å². The van der Waals surface area contributed by atoms with Gasteiger partial charge in [0, 0.05) is 18.0 Å². The number of ether oxygens (including phenoxy) is 1. The Kier molecular flexibility index (Phi) is 3.44. The lowest BCUT2D eigenvalue weighted by molar-refractivity contribution is 0.407. The molecule has 0 amide bonds. The number of benzene rings is 1. The fourth-order valence-corrected chi connectivity index (χ4v) is 1.84. The summed E-state index contributed by atoms with van der Waals surface area (Å²) in [6.45, 7) is 2.12. The van der Waals surface area contributed by atoms with E-state index >= 15 is 0 Å². The molecule has 0 spiro atoms. The van der Waals surface area contributed by atoms with Gasteiger partial charge in [0.05, 0.1) is 13.2 Å². The summed E-state index contributed by atoms with van der Waals surface area (Å²) in [4.78, 5) is 7.22. The molecule has 0 fully saturated rings. The number of H-pyrrole nitrogens is 1. The number of methoxy groups -OCH3 is 1. The van der Waals surface area contributed by atoms with E-state index in [1.165, 1.54) is 5.56 Å². The minimum atomic E-state index is -0.286. The van der Waals surface area contributed by atoms with Crippen LogP contribution in [0.4, 0.5) is 0 Å². The molecule has 1 aromatic carbocycles. The average Bonchev–Trinajstić information content (AvgIpc) is 2.91. The van der Waals surface area contributed by atoms with E-state index in [0.29, 0.717) is 0 Å². The first kappa shape index (κ1) is 11.7. The molecule has 2 aromatic rings. The number of aromatic amines is 1. The number of hydrogen-bond donors (Lipinski definition) is 2. The molecule has 0 aliphatic carbocycles. The summed E-state index contributed by atoms with van der Waals surface area (Å²) < 4.78 is 5.34. The van der Waals surface area contributed by atoms with Gasteiger partial charge in [0.1, 0.15) is 11.6 Å². The Balaban J connectivity index is 2.41. The van der Waals surface area contributed by atoms with Gasteiger partial charge in [-0.2, -0.15) is 0 Å². The van der Waals surface area contributed by atoms with Crippen molar-refractivity contribution in [3.8, 4) is 5.75 Å². The Bertz CT molecular complexity index is 479. The molecule has 17 heavy (non-hydrogen) atoms. The van der Waals surface area contributed by atoms with Crippen LogP contribution in [0.1, 0.15) is 29.9 Å². The molecule has 4 nitrogen and oxygen atoms in total. The Hall–Kier alpha value is -1.81. The molecule has 4 heteroatoms. The van der Waals surface area contributed by atoms with Crippen LogP contribution in [0.2, 0.25) is 0 Å². The van der Waals surface area contributed by atoms with Crippen molar-refractivity contribution in [3.05, 3.63) is 47.5 Å². The zero-order valence-electron chi connectivity index (χ0n) is 10.1. The third-order valence-corrected chi connectivity index (χ3v) is 2.85. The van der Waals surface area contributed by atoms with E-state index in [1.807, 2.05) is 6.07 Å². The molecule has 1 unspecified atom stereocenters. The smallest absolute Gasteiger partial charge is 0.127 e. The van der Waals surface area contributed by atoms with Crippen LogP contribution >= 0.6 is 0 Å². The third-order valence-electron chi connectivity index (χ3n) is 2.85. The van der Waals surface area contributed by atoms with E-state index < -0.39 is 0 Å². The van der Waals surface area contributed by atoms with Gasteiger partial charge in [0.25, 0.3) is 0 Å². The number of nitrogens with two attached hydrogens (primary N) is 1. The van der Waals surface area contributed by atoms with Crippen LogP contribution in [0.3, 0.4) is 0 Å². The molecule has 3 N–H and O–H groups in total. The van der Waals surface area contributed by atoms with E-state index in [-0.39, 0.29) is 6.04 Å². The summed E-state index contributed by atoms with van der Waals surface area (Å²) in [6.07, 6.45) is 4.44. The molecular formula is C13H17N3O. The van der Waals surface area contributed by atoms with Crippen molar-refractivity contribution in [2.75, 3.05) is 7.11 Å². The maximum absolute atomic E-state index is 6.19. The molecule has 0 saturated heterocycles. The highest BCUT2D eigenvalue weighted by Gasteiger charge is 2.16. The van der Waals surface area contributed by atoms with Gasteiger partial charge in [-0.25, -0.2) is 4.98 Å². The number of rotatable bonds is 4. The highest BCUT2D eigenvalue weighted by Crippen LogP contribution is 2.27. The predicted molar refractivity (Wildman–Crippen MR) is 67.0 cm³/mol. The van der Waals surface area contributed by atoms with E-state index in [1.54, 1.807) is 19.5 Å². The van der Waals surface area contributed by atoms with Crippen molar-refractivity contribution in [1.29, 1.82) is 0 Å². The second kappa shape index (κ2) is 5.01. The van der Waals surface area contributed by atoms with E-state index in [4.69, 9.17) is 10.5 Å². The first-order valence-electron chi connectivity index (χ1n) is 5.68. The number of hydrogen-bond acceptors (Lipinski definition) is 3. The molecular weight excluding hydrogens is 214 g/mol. The largest absolute Gasteiger partial charge is 0.496 e. The Morgan fingerprint density at radius 3 is 2.88 bits per heavy atom. The second-order valence-corrected chi connectivity index (χ2v) is 3.88. The fourth-order valence-electron chi connectivity index (χ4n) is 1.84. The van der Waals surface area contributed by atoms with Gasteiger partial charge in [-0.3, -0.25) is 0 Å². The zero-order chi connectivity index (χ0) is 12.3. The van der Waals surface area contributed by atoms with Gasteiger partial charge < -0.3 is 15.5 Å². The first-order valence-corrected chi connectivity index (χ1v) is 5.68. The van der Waals surface area contributed by atoms with Gasteiger partial charge in [-0.15, -0.1) is 0 Å². The maximum Gasteiger partial charge on any atom is 0.127 e. The quantitative estimate of drug-likeness (QED) is 0.846. The lowest BCUT2D eigenvalue weighted by Gasteiger charge is -2.15. The van der Waals surface area contributed by atoms with Crippen molar-refractivity contribution >= 4 is 0 Å². The van der Waals surface area contributed by atoms with E-state index in [9.17, 15) is 0 Å². The molecule has 2 rings (SSSR count). The highest BCUT2D eigenvalue weighted by molar-refractivity contribution is 5.41. The number of imidazole rings is 1. The van der Waals surface area contributed by atoms with Crippen molar-refractivity contribution < 1.29 is 4.74 Å². The van der Waals surface area contributed by atoms with Gasteiger partial charge in [-0.1, -0.05) is 19.1 Å². The van der Waals surface area contributed by atoms with Gasteiger partial charge in [0.15, 0.2) is 0 Å². The summed E-state index contributed by atoms with van der Waals surface area (Å²) in [5.74, 6) is 1.54. The number of aromatic nitrogens is 2. The molecule has 1 heterocycles. The SMILES string of the molecule is CCc1ccc(OC)c(C(N)c2ncc[nH]2)c1. The average molecular weight is 231 g/mol. The third kappa shape index (κ3) is 2.31. The second-order valence-electron chi connectivity index (χ2n) is 3.88. The molecule has 0 radical (unpaired) electrons. The first-order chi connectivity index (χ1) is 8.26. The Labute approximate surface area is 101 Å². The lowest BCUT2D eigenvalue weighted by atomic mass is 10.0. The predicted octanol–water partition coefficient (Wildman–Crippen LogP) is 2.03. The normalized spacial score (nSPS) is 12.4. The Morgan fingerprint density at radius 1 is 1.47 bits per heavy atom. The van der Waals surface area contributed by atoms with Crippen LogP contribution in [0.25, 0.3) is 0 Å². The lowest BCUT2D eigenvalue weighted by Crippen LogP contribution is -2.15. The van der Waals surface area contributed by atoms with E-state index in [2.05, 4.69) is 29.0 Å². The van der Waals surface area contributed by atoms with E-state index in [0.717, 1.165) is 23.6 Å². The highest BCUT2D eigenvalue weighted by atomic mass is 16.5. The molecule has 0 aliphatic heterocycles. The van der Waals surface area contributed by atoms with Crippen molar-refractivity contribution in [3.63, 3.8) is 0 Å². The Morgan fingerprint density at radius 2 is 2.29 bits per heavy atom. The summed E-state index contributed by atoms with van der Waals surface area (Å²) in [5.41, 5.74) is 8.39. The van der Waals surface area contributed by atoms with Crippen molar-refractivity contribution in [1.82, 2.24) is 9.97 Å². The van der Waals surface area contributed by atoms with Gasteiger partial charge in [-0.05, 0) is 18.1 Å². The van der Waals surface area contributed by atoms with Crippen LogP contribution in [0.5, 0.6) is 5.75 Å². The fraction of sp³-hybridized carbons (Fsp3) is 0.308. The number of nitrogens with one attached hydrogen (secondary N) is 1. The van der Waals surface area contributed by atoms with Crippen LogP contribution in [-0.2, 0) is 6.42 Å². The van der Waals surface area contributed by atoms with Crippen LogP contribution in [0, 0.1) is 0 Å². The maximum atomic E-state index is 6.19. The topological polar surface area (TPSA) is 63.9 Å². The molecule has 0 bridgehead atoms. The standard InChI is InChI=1S/C13H17N3O/c1-3-9-4-5-11(17-2)10(8-9)12(14)13-15-6-7-16-13/h4-8,12H,3,14H2,1-2H3,(H,15,16). The molecule has 90 valence electrons. The molecule has 0 saturated carbocycles. The summed E-state index contributed by atoms with van der Waals surface area (Å²) in [6, 6.07) is 5.80. The molecule has 0 aliphatic rings. The summed E-state index contributed by atoms with van der Waals surface area (Å²) in [5, 5.41) is 0. The summed E-state index contributed by atoms with van der Waals surface area (Å²) >= 11 is 0. The van der Waals surface area contributed by atoms with Crippen molar-refractivity contribution in [2.24, 2.45) is 5.73 Å². The van der Waals surface area contributed by atoms with Crippen LogP contribution in [0.15, 0.2) is 30.6 Å². The number of aryl methyl sites for hydroxylation is 1. The monoisotopic (exact) mass is 231 g/mol. The number of nitrogens with zero attached hydrogens (tertiary/aromatic N) is 1. The van der Waals surface area contributed by atoms with Gasteiger partial charge in [0.2, 0.25) is 0 Å². The minimum absolute atomic E-state index is 0.286.